The predicted molar refractivity (Wildman–Crippen MR) is 108 cm³/mol. The molecule has 6 nitrogen and oxygen atoms in total. The minimum absolute atomic E-state index is 0.310. The van der Waals surface area contributed by atoms with Crippen molar-refractivity contribution in [2.24, 2.45) is 0 Å². The molecule has 3 N–H and O–H groups in total. The van der Waals surface area contributed by atoms with Gasteiger partial charge in [0.05, 0.1) is 5.69 Å². The molecular formula is C19H17ClN4O2S. The van der Waals surface area contributed by atoms with Crippen molar-refractivity contribution >= 4 is 40.4 Å². The Balaban J connectivity index is 1.51. The summed E-state index contributed by atoms with van der Waals surface area (Å²) < 4.78 is 15.2. The third-order valence-corrected chi connectivity index (χ3v) is 4.90. The number of halogens is 1. The quantitative estimate of drug-likeness (QED) is 0.541. The number of nitrogens with one attached hydrogen (secondary N) is 3. The van der Waals surface area contributed by atoms with E-state index in [-0.39, 0.29) is 6.03 Å². The van der Waals surface area contributed by atoms with E-state index in [4.69, 9.17) is 11.6 Å². The molecule has 0 saturated heterocycles. The SMILES string of the molecule is O=C(NCc1ccncc1)Nc1ccc(N[S+]([O-])c2cccc(Cl)c2)cc1. The Kier molecular flexibility index (Phi) is 6.54. The van der Waals surface area contributed by atoms with Crippen LogP contribution in [0.2, 0.25) is 5.02 Å². The molecule has 0 aliphatic carbocycles. The van der Waals surface area contributed by atoms with Crippen LogP contribution in [0.4, 0.5) is 16.2 Å². The molecule has 1 unspecified atom stereocenters. The van der Waals surface area contributed by atoms with Crippen molar-refractivity contribution in [2.75, 3.05) is 10.0 Å². The van der Waals surface area contributed by atoms with Crippen LogP contribution in [-0.4, -0.2) is 15.6 Å². The molecule has 1 heterocycles. The van der Waals surface area contributed by atoms with Crippen molar-refractivity contribution in [2.45, 2.75) is 11.4 Å². The molecule has 1 atom stereocenters. The molecule has 3 aromatic rings. The summed E-state index contributed by atoms with van der Waals surface area (Å²) in [4.78, 5) is 16.5. The summed E-state index contributed by atoms with van der Waals surface area (Å²) in [5, 5.41) is 6.04. The zero-order valence-electron chi connectivity index (χ0n) is 14.2. The zero-order valence-corrected chi connectivity index (χ0v) is 15.8. The van der Waals surface area contributed by atoms with Gasteiger partial charge < -0.3 is 15.2 Å². The first-order valence-corrected chi connectivity index (χ1v) is 9.61. The lowest BCUT2D eigenvalue weighted by atomic mass is 10.3. The first-order chi connectivity index (χ1) is 13.1. The molecule has 1 aromatic heterocycles. The molecule has 0 radical (unpaired) electrons. The minimum Gasteiger partial charge on any atom is -0.588 e. The van der Waals surface area contributed by atoms with E-state index in [1.165, 1.54) is 0 Å². The predicted octanol–water partition coefficient (Wildman–Crippen LogP) is 4.19. The fraction of sp³-hybridized carbons (Fsp3) is 0.0526. The Bertz CT molecular complexity index is 894. The Morgan fingerprint density at radius 2 is 1.74 bits per heavy atom. The first-order valence-electron chi connectivity index (χ1n) is 8.08. The Hall–Kier alpha value is -2.74. The summed E-state index contributed by atoms with van der Waals surface area (Å²) in [6.07, 6.45) is 3.35. The second-order valence-corrected chi connectivity index (χ2v) is 7.22. The molecule has 2 amide bonds. The van der Waals surface area contributed by atoms with Crippen molar-refractivity contribution in [1.29, 1.82) is 0 Å². The number of hydrogen-bond donors (Lipinski definition) is 3. The molecule has 0 aliphatic heterocycles. The van der Waals surface area contributed by atoms with Crippen molar-refractivity contribution in [3.63, 3.8) is 0 Å². The molecule has 138 valence electrons. The number of rotatable bonds is 6. The molecule has 0 fully saturated rings. The molecule has 0 bridgehead atoms. The highest BCUT2D eigenvalue weighted by molar-refractivity contribution is 7.92. The van der Waals surface area contributed by atoms with Gasteiger partial charge >= 0.3 is 6.03 Å². The summed E-state index contributed by atoms with van der Waals surface area (Å²) in [5.74, 6) is 0. The van der Waals surface area contributed by atoms with E-state index in [0.717, 1.165) is 5.56 Å². The van der Waals surface area contributed by atoms with E-state index in [1.807, 2.05) is 12.1 Å². The normalized spacial score (nSPS) is 11.5. The van der Waals surface area contributed by atoms with Crippen LogP contribution < -0.4 is 15.4 Å². The summed E-state index contributed by atoms with van der Waals surface area (Å²) >= 11 is 4.49. The molecule has 8 heteroatoms. The van der Waals surface area contributed by atoms with Crippen LogP contribution in [0.3, 0.4) is 0 Å². The lowest BCUT2D eigenvalue weighted by Gasteiger charge is -2.12. The molecule has 0 saturated carbocycles. The van der Waals surface area contributed by atoms with Crippen LogP contribution >= 0.6 is 11.6 Å². The summed E-state index contributed by atoms with van der Waals surface area (Å²) in [7, 11) is 0. The second-order valence-electron chi connectivity index (χ2n) is 5.57. The molecule has 0 spiro atoms. The van der Waals surface area contributed by atoms with Gasteiger partial charge in [-0.3, -0.25) is 4.98 Å². The zero-order chi connectivity index (χ0) is 19.1. The molecule has 0 aliphatic rings. The van der Waals surface area contributed by atoms with E-state index in [2.05, 4.69) is 20.3 Å². The number of aromatic nitrogens is 1. The highest BCUT2D eigenvalue weighted by atomic mass is 35.5. The molecule has 27 heavy (non-hydrogen) atoms. The van der Waals surface area contributed by atoms with Crippen LogP contribution in [-0.2, 0) is 17.9 Å². The molecule has 2 aromatic carbocycles. The Labute approximate surface area is 165 Å². The minimum atomic E-state index is -1.43. The van der Waals surface area contributed by atoms with Crippen LogP contribution in [0, 0.1) is 0 Å². The van der Waals surface area contributed by atoms with Gasteiger partial charge in [-0.15, -0.1) is 0 Å². The van der Waals surface area contributed by atoms with Crippen molar-refractivity contribution in [1.82, 2.24) is 10.3 Å². The fourth-order valence-corrected chi connectivity index (χ4v) is 3.39. The number of urea groups is 1. The van der Waals surface area contributed by atoms with E-state index >= 15 is 0 Å². The third kappa shape index (κ3) is 5.89. The monoisotopic (exact) mass is 400 g/mol. The van der Waals surface area contributed by atoms with Gasteiger partial charge in [0.25, 0.3) is 0 Å². The van der Waals surface area contributed by atoms with Gasteiger partial charge in [-0.1, -0.05) is 17.7 Å². The number of hydrogen-bond acceptors (Lipinski definition) is 4. The van der Waals surface area contributed by atoms with E-state index in [1.54, 1.807) is 60.9 Å². The number of carbonyl (C=O) groups excluding carboxylic acids is 1. The maximum Gasteiger partial charge on any atom is 0.319 e. The lowest BCUT2D eigenvalue weighted by molar-refractivity contribution is 0.251. The van der Waals surface area contributed by atoms with Gasteiger partial charge in [0.15, 0.2) is 4.90 Å². The fourth-order valence-electron chi connectivity index (χ4n) is 2.23. The van der Waals surface area contributed by atoms with Crippen molar-refractivity contribution in [3.8, 4) is 0 Å². The summed E-state index contributed by atoms with van der Waals surface area (Å²) in [5.41, 5.74) is 2.25. The smallest absolute Gasteiger partial charge is 0.319 e. The first kappa shape index (κ1) is 19.0. The number of amides is 2. The third-order valence-electron chi connectivity index (χ3n) is 3.57. The largest absolute Gasteiger partial charge is 0.588 e. The maximum atomic E-state index is 12.3. The van der Waals surface area contributed by atoms with Crippen LogP contribution in [0.25, 0.3) is 0 Å². The number of benzene rings is 2. The van der Waals surface area contributed by atoms with Gasteiger partial charge in [-0.25, -0.2) is 9.52 Å². The maximum absolute atomic E-state index is 12.3. The van der Waals surface area contributed by atoms with Gasteiger partial charge in [0, 0.05) is 35.7 Å². The van der Waals surface area contributed by atoms with Crippen molar-refractivity contribution in [3.05, 3.63) is 83.6 Å². The Morgan fingerprint density at radius 3 is 2.44 bits per heavy atom. The van der Waals surface area contributed by atoms with E-state index in [0.29, 0.717) is 27.8 Å². The average Bonchev–Trinajstić information content (AvgIpc) is 2.69. The van der Waals surface area contributed by atoms with Crippen LogP contribution in [0.1, 0.15) is 5.56 Å². The number of pyridine rings is 1. The summed E-state index contributed by atoms with van der Waals surface area (Å²) in [6.45, 7) is 0.409. The van der Waals surface area contributed by atoms with E-state index < -0.39 is 11.4 Å². The van der Waals surface area contributed by atoms with Gasteiger partial charge in [0.2, 0.25) is 0 Å². The molecular weight excluding hydrogens is 384 g/mol. The van der Waals surface area contributed by atoms with E-state index in [9.17, 15) is 9.35 Å². The van der Waals surface area contributed by atoms with Crippen molar-refractivity contribution < 1.29 is 9.35 Å². The number of carbonyl (C=O) groups is 1. The summed E-state index contributed by atoms with van der Waals surface area (Å²) in [6, 6.07) is 17.1. The molecule has 3 rings (SSSR count). The highest BCUT2D eigenvalue weighted by Gasteiger charge is 2.12. The van der Waals surface area contributed by atoms with Crippen LogP contribution in [0.5, 0.6) is 0 Å². The topological polar surface area (TPSA) is 89.1 Å². The average molecular weight is 401 g/mol. The standard InChI is InChI=1S/C19H17ClN4O2S/c20-15-2-1-3-18(12-15)27(26)24-17-6-4-16(5-7-17)23-19(25)22-13-14-8-10-21-11-9-14/h1-12,24H,13H2,(H2,22,23,25). The van der Waals surface area contributed by atoms with Gasteiger partial charge in [-0.05, 0) is 54.1 Å². The van der Waals surface area contributed by atoms with Crippen LogP contribution in [0.15, 0.2) is 78.0 Å². The lowest BCUT2D eigenvalue weighted by Crippen LogP contribution is -2.28. The Morgan fingerprint density at radius 1 is 1.04 bits per heavy atom. The highest BCUT2D eigenvalue weighted by Crippen LogP contribution is 2.20. The van der Waals surface area contributed by atoms with Gasteiger partial charge in [-0.2, -0.15) is 0 Å². The van der Waals surface area contributed by atoms with Gasteiger partial charge in [0.1, 0.15) is 11.4 Å². The number of anilines is 2. The number of nitrogens with zero attached hydrogens (tertiary/aromatic N) is 1. The second kappa shape index (κ2) is 9.27.